The Labute approximate surface area is 81.2 Å². The Bertz CT molecular complexity index is 187. The highest BCUT2D eigenvalue weighted by Crippen LogP contribution is 2.45. The maximum absolute atomic E-state index is 5.61. The minimum atomic E-state index is 0.535. The van der Waals surface area contributed by atoms with Crippen molar-refractivity contribution in [2.24, 2.45) is 11.3 Å². The van der Waals surface area contributed by atoms with Crippen molar-refractivity contribution >= 4 is 0 Å². The molecule has 1 spiro atoms. The van der Waals surface area contributed by atoms with Crippen molar-refractivity contribution < 1.29 is 4.74 Å². The molecule has 0 amide bonds. The van der Waals surface area contributed by atoms with E-state index < -0.39 is 0 Å². The van der Waals surface area contributed by atoms with Crippen LogP contribution in [0.4, 0.5) is 0 Å². The highest BCUT2D eigenvalue weighted by atomic mass is 16.5. The van der Waals surface area contributed by atoms with Gasteiger partial charge >= 0.3 is 0 Å². The van der Waals surface area contributed by atoms with Gasteiger partial charge in [0.25, 0.3) is 0 Å². The molecule has 0 bridgehead atoms. The summed E-state index contributed by atoms with van der Waals surface area (Å²) in [5.74, 6) is 1.94. The second kappa shape index (κ2) is 3.36. The average Bonchev–Trinajstić information content (AvgIpc) is 2.16. The Morgan fingerprint density at radius 1 is 1.31 bits per heavy atom. The molecule has 1 saturated heterocycles. The maximum Gasteiger partial charge on any atom is 0.0933 e. The fourth-order valence-corrected chi connectivity index (χ4v) is 2.57. The van der Waals surface area contributed by atoms with E-state index in [1.807, 2.05) is 0 Å². The summed E-state index contributed by atoms with van der Waals surface area (Å²) in [5, 5.41) is 0. The second-order valence-electron chi connectivity index (χ2n) is 5.01. The highest BCUT2D eigenvalue weighted by molar-refractivity contribution is 4.95. The lowest BCUT2D eigenvalue weighted by atomic mass is 9.68. The summed E-state index contributed by atoms with van der Waals surface area (Å²) in [5.41, 5.74) is 0.535. The molecule has 0 radical (unpaired) electrons. The van der Waals surface area contributed by atoms with Gasteiger partial charge in [0.05, 0.1) is 12.4 Å². The first kappa shape index (κ1) is 9.11. The predicted molar refractivity (Wildman–Crippen MR) is 54.4 cm³/mol. The van der Waals surface area contributed by atoms with Gasteiger partial charge in [0.1, 0.15) is 0 Å². The first-order valence-electron chi connectivity index (χ1n) is 5.51. The minimum Gasteiger partial charge on any atom is -0.498 e. The molecule has 0 aromatic heterocycles. The molecule has 1 aliphatic heterocycles. The van der Waals surface area contributed by atoms with E-state index in [1.54, 1.807) is 0 Å². The lowest BCUT2D eigenvalue weighted by molar-refractivity contribution is 0.00317. The molecule has 2 aliphatic rings. The van der Waals surface area contributed by atoms with Gasteiger partial charge < -0.3 is 4.74 Å². The monoisotopic (exact) mass is 180 g/mol. The Morgan fingerprint density at radius 3 is 2.54 bits per heavy atom. The standard InChI is InChI=1S/C12H20O/c1-10-3-6-12(7-4-10)8-5-11(2)13-9-12/h10H,2-9H2,1H3. The van der Waals surface area contributed by atoms with Crippen LogP contribution in [0, 0.1) is 11.3 Å². The molecule has 2 fully saturated rings. The third-order valence-electron chi connectivity index (χ3n) is 3.85. The van der Waals surface area contributed by atoms with E-state index in [0.717, 1.165) is 24.7 Å². The number of hydrogen-bond donors (Lipinski definition) is 0. The molecule has 1 nitrogen and oxygen atoms in total. The summed E-state index contributed by atoms with van der Waals surface area (Å²) >= 11 is 0. The third-order valence-corrected chi connectivity index (χ3v) is 3.85. The van der Waals surface area contributed by atoms with Crippen LogP contribution in [0.3, 0.4) is 0 Å². The minimum absolute atomic E-state index is 0.535. The van der Waals surface area contributed by atoms with Crippen LogP contribution in [-0.4, -0.2) is 6.61 Å². The summed E-state index contributed by atoms with van der Waals surface area (Å²) in [6.07, 6.45) is 7.96. The molecule has 0 aromatic rings. The van der Waals surface area contributed by atoms with E-state index >= 15 is 0 Å². The van der Waals surface area contributed by atoms with Gasteiger partial charge in [0, 0.05) is 11.8 Å². The molecule has 13 heavy (non-hydrogen) atoms. The summed E-state index contributed by atoms with van der Waals surface area (Å²) in [7, 11) is 0. The van der Waals surface area contributed by atoms with Crippen molar-refractivity contribution in [1.82, 2.24) is 0 Å². The van der Waals surface area contributed by atoms with Crippen molar-refractivity contribution in [1.29, 1.82) is 0 Å². The van der Waals surface area contributed by atoms with Crippen molar-refractivity contribution in [2.75, 3.05) is 6.61 Å². The number of rotatable bonds is 0. The second-order valence-corrected chi connectivity index (χ2v) is 5.01. The Hall–Kier alpha value is -0.460. The molecule has 1 heteroatoms. The Morgan fingerprint density at radius 2 is 2.00 bits per heavy atom. The van der Waals surface area contributed by atoms with Crippen LogP contribution in [0.5, 0.6) is 0 Å². The van der Waals surface area contributed by atoms with Gasteiger partial charge in [-0.15, -0.1) is 0 Å². The van der Waals surface area contributed by atoms with Crippen LogP contribution in [-0.2, 0) is 4.74 Å². The van der Waals surface area contributed by atoms with Gasteiger partial charge in [-0.1, -0.05) is 26.3 Å². The Kier molecular flexibility index (Phi) is 2.35. The molecular weight excluding hydrogens is 160 g/mol. The molecule has 74 valence electrons. The van der Waals surface area contributed by atoms with E-state index in [-0.39, 0.29) is 0 Å². The fraction of sp³-hybridized carbons (Fsp3) is 0.833. The fourth-order valence-electron chi connectivity index (χ4n) is 2.57. The molecular formula is C12H20O. The summed E-state index contributed by atoms with van der Waals surface area (Å²) in [4.78, 5) is 0. The lowest BCUT2D eigenvalue weighted by Crippen LogP contribution is -2.34. The van der Waals surface area contributed by atoms with Crippen LogP contribution in [0.1, 0.15) is 45.4 Å². The van der Waals surface area contributed by atoms with E-state index in [2.05, 4.69) is 13.5 Å². The smallest absolute Gasteiger partial charge is 0.0933 e. The first-order valence-corrected chi connectivity index (χ1v) is 5.51. The van der Waals surface area contributed by atoms with Crippen LogP contribution >= 0.6 is 0 Å². The lowest BCUT2D eigenvalue weighted by Gasteiger charge is -2.42. The summed E-state index contributed by atoms with van der Waals surface area (Å²) < 4.78 is 5.61. The van der Waals surface area contributed by atoms with Crippen LogP contribution < -0.4 is 0 Å². The van der Waals surface area contributed by atoms with Gasteiger partial charge in [0.2, 0.25) is 0 Å². The van der Waals surface area contributed by atoms with Crippen molar-refractivity contribution in [3.8, 4) is 0 Å². The number of hydrogen-bond acceptors (Lipinski definition) is 1. The van der Waals surface area contributed by atoms with Gasteiger partial charge in [0.15, 0.2) is 0 Å². The molecule has 1 heterocycles. The zero-order valence-corrected chi connectivity index (χ0v) is 8.64. The molecule has 0 N–H and O–H groups in total. The van der Waals surface area contributed by atoms with Crippen molar-refractivity contribution in [2.45, 2.75) is 45.4 Å². The van der Waals surface area contributed by atoms with Crippen LogP contribution in [0.2, 0.25) is 0 Å². The van der Waals surface area contributed by atoms with Crippen molar-refractivity contribution in [3.05, 3.63) is 12.3 Å². The zero-order chi connectivity index (χ0) is 9.31. The van der Waals surface area contributed by atoms with E-state index in [1.165, 1.54) is 32.1 Å². The zero-order valence-electron chi connectivity index (χ0n) is 8.64. The first-order chi connectivity index (χ1) is 6.20. The maximum atomic E-state index is 5.61. The van der Waals surface area contributed by atoms with Crippen LogP contribution in [0.15, 0.2) is 12.3 Å². The number of allylic oxidation sites excluding steroid dienone is 1. The summed E-state index contributed by atoms with van der Waals surface area (Å²) in [6.45, 7) is 7.20. The van der Waals surface area contributed by atoms with E-state index in [4.69, 9.17) is 4.74 Å². The Balaban J connectivity index is 1.94. The quantitative estimate of drug-likeness (QED) is 0.554. The van der Waals surface area contributed by atoms with Gasteiger partial charge in [-0.2, -0.15) is 0 Å². The van der Waals surface area contributed by atoms with Crippen molar-refractivity contribution in [3.63, 3.8) is 0 Å². The average molecular weight is 180 g/mol. The van der Waals surface area contributed by atoms with Gasteiger partial charge in [-0.3, -0.25) is 0 Å². The molecule has 1 aliphatic carbocycles. The van der Waals surface area contributed by atoms with Crippen LogP contribution in [0.25, 0.3) is 0 Å². The molecule has 2 rings (SSSR count). The molecule has 1 saturated carbocycles. The topological polar surface area (TPSA) is 9.23 Å². The van der Waals surface area contributed by atoms with E-state index in [9.17, 15) is 0 Å². The molecule has 0 atom stereocenters. The van der Waals surface area contributed by atoms with Gasteiger partial charge in [-0.25, -0.2) is 0 Å². The summed E-state index contributed by atoms with van der Waals surface area (Å²) in [6, 6.07) is 0. The number of ether oxygens (including phenoxy) is 1. The largest absolute Gasteiger partial charge is 0.498 e. The molecule has 0 aromatic carbocycles. The van der Waals surface area contributed by atoms with E-state index in [0.29, 0.717) is 5.41 Å². The SMILES string of the molecule is C=C1CCC2(CCC(C)CC2)CO1. The predicted octanol–water partition coefficient (Wildman–Crippen LogP) is 3.51. The molecule has 0 unspecified atom stereocenters. The third kappa shape index (κ3) is 1.90. The normalized spacial score (nSPS) is 40.4. The highest BCUT2D eigenvalue weighted by Gasteiger charge is 2.37. The van der Waals surface area contributed by atoms with Gasteiger partial charge in [-0.05, 0) is 25.2 Å².